The van der Waals surface area contributed by atoms with E-state index >= 15 is 0 Å². The van der Waals surface area contributed by atoms with E-state index < -0.39 is 23.0 Å². The number of nitrogens with zero attached hydrogens (tertiary/aromatic N) is 1. The summed E-state index contributed by atoms with van der Waals surface area (Å²) in [6, 6.07) is 3.53. The summed E-state index contributed by atoms with van der Waals surface area (Å²) in [5.74, 6) is -3.42. The molecular formula is C13H7F2NO3. The second-order valence-electron chi connectivity index (χ2n) is 4.17. The summed E-state index contributed by atoms with van der Waals surface area (Å²) < 4.78 is 32.1. The van der Waals surface area contributed by atoms with Crippen LogP contribution < -0.4 is 5.43 Å². The van der Waals surface area contributed by atoms with Gasteiger partial charge in [-0.1, -0.05) is 0 Å². The highest BCUT2D eigenvalue weighted by molar-refractivity contribution is 5.78. The Hall–Kier alpha value is -2.50. The van der Waals surface area contributed by atoms with Crippen molar-refractivity contribution in [3.63, 3.8) is 0 Å². The van der Waals surface area contributed by atoms with Gasteiger partial charge in [0.1, 0.15) is 11.2 Å². The second kappa shape index (κ2) is 3.74. The molecule has 96 valence electrons. The number of fused-ring (bicyclic) bond motifs is 2. The maximum Gasteiger partial charge on any atom is 0.212 e. The van der Waals surface area contributed by atoms with Crippen LogP contribution in [-0.4, -0.2) is 10.1 Å². The first kappa shape index (κ1) is 11.6. The highest BCUT2D eigenvalue weighted by Gasteiger charge is 2.19. The van der Waals surface area contributed by atoms with E-state index in [2.05, 4.69) is 4.98 Å². The first-order chi connectivity index (χ1) is 8.97. The Balaban J connectivity index is 2.50. The van der Waals surface area contributed by atoms with E-state index in [0.29, 0.717) is 11.3 Å². The maximum atomic E-state index is 13.7. The van der Waals surface area contributed by atoms with Gasteiger partial charge in [-0.15, -0.1) is 0 Å². The van der Waals surface area contributed by atoms with Crippen molar-refractivity contribution in [3.05, 3.63) is 45.6 Å². The summed E-state index contributed by atoms with van der Waals surface area (Å²) in [7, 11) is 0. The molecule has 1 N–H and O–H groups in total. The molecule has 1 aromatic rings. The lowest BCUT2D eigenvalue weighted by Crippen LogP contribution is -2.05. The van der Waals surface area contributed by atoms with Crippen LogP contribution in [-0.2, 0) is 0 Å². The molecule has 1 aliphatic heterocycles. The fraction of sp³-hybridized carbons (Fsp3) is 0.0769. The molecule has 6 heteroatoms. The second-order valence-corrected chi connectivity index (χ2v) is 4.17. The SMILES string of the molecule is Cc1cc2nc3cc(F)c(O)c(F)c3oc-2cc1=O. The van der Waals surface area contributed by atoms with Gasteiger partial charge in [0.15, 0.2) is 28.3 Å². The quantitative estimate of drug-likeness (QED) is 0.633. The van der Waals surface area contributed by atoms with Crippen LogP contribution in [0.15, 0.2) is 27.4 Å². The molecule has 1 aliphatic carbocycles. The summed E-state index contributed by atoms with van der Waals surface area (Å²) in [4.78, 5) is 15.5. The normalized spacial score (nSPS) is 11.3. The van der Waals surface area contributed by atoms with E-state index in [0.717, 1.165) is 6.07 Å². The average Bonchev–Trinajstić information content (AvgIpc) is 2.37. The van der Waals surface area contributed by atoms with E-state index in [9.17, 15) is 18.7 Å². The van der Waals surface area contributed by atoms with Crippen molar-refractivity contribution in [3.8, 4) is 17.2 Å². The van der Waals surface area contributed by atoms with Crippen molar-refractivity contribution in [2.24, 2.45) is 0 Å². The van der Waals surface area contributed by atoms with Crippen LogP contribution in [0.5, 0.6) is 5.75 Å². The van der Waals surface area contributed by atoms with Gasteiger partial charge in [0.25, 0.3) is 0 Å². The van der Waals surface area contributed by atoms with Crippen molar-refractivity contribution >= 4 is 11.1 Å². The zero-order chi connectivity index (χ0) is 13.7. The molecule has 0 amide bonds. The Morgan fingerprint density at radius 3 is 2.74 bits per heavy atom. The summed E-state index contributed by atoms with van der Waals surface area (Å²) in [6.07, 6.45) is 0. The number of phenolic OH excluding ortho intramolecular Hbond substituents is 1. The number of aromatic nitrogens is 1. The Kier molecular flexibility index (Phi) is 2.28. The number of hydrogen-bond acceptors (Lipinski definition) is 4. The standard InChI is InChI=1S/C13H7F2NO3/c1-5-2-7-10(4-9(5)17)19-13-8(16-7)3-6(14)12(18)11(13)15/h2-4,18H,1H3. The smallest absolute Gasteiger partial charge is 0.212 e. The third-order valence-electron chi connectivity index (χ3n) is 2.84. The van der Waals surface area contributed by atoms with Crippen molar-refractivity contribution in [1.29, 1.82) is 0 Å². The Labute approximate surface area is 105 Å². The third-order valence-corrected chi connectivity index (χ3v) is 2.84. The van der Waals surface area contributed by atoms with Crippen LogP contribution in [0.1, 0.15) is 5.56 Å². The Morgan fingerprint density at radius 1 is 1.26 bits per heavy atom. The monoisotopic (exact) mass is 263 g/mol. The van der Waals surface area contributed by atoms with Gasteiger partial charge in [0.2, 0.25) is 5.82 Å². The van der Waals surface area contributed by atoms with Crippen LogP contribution in [0.25, 0.3) is 22.6 Å². The fourth-order valence-corrected chi connectivity index (χ4v) is 1.82. The minimum atomic E-state index is -1.24. The van der Waals surface area contributed by atoms with E-state index in [1.54, 1.807) is 6.92 Å². The molecule has 0 bridgehead atoms. The number of benzene rings is 2. The van der Waals surface area contributed by atoms with E-state index in [-0.39, 0.29) is 16.7 Å². The summed E-state index contributed by atoms with van der Waals surface area (Å²) in [6.45, 7) is 1.60. The van der Waals surface area contributed by atoms with Crippen molar-refractivity contribution in [2.45, 2.75) is 6.92 Å². The maximum absolute atomic E-state index is 13.7. The largest absolute Gasteiger partial charge is 0.503 e. The number of halogens is 2. The number of phenols is 1. The van der Waals surface area contributed by atoms with E-state index in [1.807, 2.05) is 0 Å². The lowest BCUT2D eigenvalue weighted by atomic mass is 10.1. The number of aromatic hydroxyl groups is 1. The molecule has 4 nitrogen and oxygen atoms in total. The van der Waals surface area contributed by atoms with Crippen LogP contribution in [0.3, 0.4) is 0 Å². The summed E-state index contributed by atoms with van der Waals surface area (Å²) >= 11 is 0. The molecule has 0 unspecified atom stereocenters. The summed E-state index contributed by atoms with van der Waals surface area (Å²) in [5.41, 5.74) is 0.0282. The topological polar surface area (TPSA) is 63.3 Å². The molecule has 2 aliphatic rings. The number of rotatable bonds is 0. The molecule has 0 aromatic heterocycles. The molecule has 0 saturated heterocycles. The first-order valence-electron chi connectivity index (χ1n) is 5.39. The molecule has 0 radical (unpaired) electrons. The van der Waals surface area contributed by atoms with Gasteiger partial charge >= 0.3 is 0 Å². The molecule has 1 aromatic carbocycles. The zero-order valence-corrected chi connectivity index (χ0v) is 9.70. The van der Waals surface area contributed by atoms with Gasteiger partial charge in [-0.2, -0.15) is 4.39 Å². The molecule has 3 rings (SSSR count). The van der Waals surface area contributed by atoms with Crippen LogP contribution in [0.4, 0.5) is 8.78 Å². The Bertz CT molecular complexity index is 842. The highest BCUT2D eigenvalue weighted by atomic mass is 19.1. The van der Waals surface area contributed by atoms with Crippen molar-refractivity contribution < 1.29 is 18.3 Å². The van der Waals surface area contributed by atoms with Crippen LogP contribution in [0.2, 0.25) is 0 Å². The Morgan fingerprint density at radius 2 is 2.00 bits per heavy atom. The fourth-order valence-electron chi connectivity index (χ4n) is 1.82. The molecular weight excluding hydrogens is 256 g/mol. The van der Waals surface area contributed by atoms with E-state index in [1.165, 1.54) is 12.1 Å². The van der Waals surface area contributed by atoms with Crippen molar-refractivity contribution in [1.82, 2.24) is 4.98 Å². The number of aryl methyl sites for hydroxylation is 1. The summed E-state index contributed by atoms with van der Waals surface area (Å²) in [5, 5.41) is 9.18. The highest BCUT2D eigenvalue weighted by Crippen LogP contribution is 2.31. The molecule has 1 heterocycles. The number of hydrogen-bond donors (Lipinski definition) is 1. The molecule has 0 atom stereocenters. The predicted octanol–water partition coefficient (Wildman–Crippen LogP) is 2.59. The van der Waals surface area contributed by atoms with Gasteiger partial charge in [0.05, 0.1) is 0 Å². The minimum Gasteiger partial charge on any atom is -0.503 e. The van der Waals surface area contributed by atoms with Crippen molar-refractivity contribution in [2.75, 3.05) is 0 Å². The zero-order valence-electron chi connectivity index (χ0n) is 9.70. The predicted molar refractivity (Wildman–Crippen MR) is 63.2 cm³/mol. The van der Waals surface area contributed by atoms with Gasteiger partial charge in [0, 0.05) is 12.1 Å². The molecule has 19 heavy (non-hydrogen) atoms. The average molecular weight is 263 g/mol. The van der Waals surface area contributed by atoms with E-state index in [4.69, 9.17) is 4.42 Å². The van der Waals surface area contributed by atoms with Gasteiger partial charge in [-0.3, -0.25) is 4.79 Å². The van der Waals surface area contributed by atoms with Gasteiger partial charge in [-0.05, 0) is 18.6 Å². The first-order valence-corrected chi connectivity index (χ1v) is 5.39. The third kappa shape index (κ3) is 1.64. The lowest BCUT2D eigenvalue weighted by Gasteiger charge is -2.08. The van der Waals surface area contributed by atoms with Crippen LogP contribution in [0, 0.1) is 18.6 Å². The van der Waals surface area contributed by atoms with Crippen LogP contribution >= 0.6 is 0 Å². The lowest BCUT2D eigenvalue weighted by molar-refractivity contribution is 0.394. The molecule has 0 spiro atoms. The molecule has 0 fully saturated rings. The minimum absolute atomic E-state index is 0.0710. The molecule has 0 saturated carbocycles. The van der Waals surface area contributed by atoms with Gasteiger partial charge in [-0.25, -0.2) is 9.37 Å². The van der Waals surface area contributed by atoms with Gasteiger partial charge < -0.3 is 9.52 Å².